The van der Waals surface area contributed by atoms with Gasteiger partial charge in [0.2, 0.25) is 0 Å². The predicted molar refractivity (Wildman–Crippen MR) is 74.8 cm³/mol. The molecule has 2 aliphatic rings. The molecule has 2 fully saturated rings. The van der Waals surface area contributed by atoms with Gasteiger partial charge in [0.05, 0.1) is 6.61 Å². The Labute approximate surface area is 110 Å². The highest BCUT2D eigenvalue weighted by atomic mass is 32.2. The van der Waals surface area contributed by atoms with Crippen molar-refractivity contribution in [3.63, 3.8) is 0 Å². The van der Waals surface area contributed by atoms with Crippen LogP contribution in [0.2, 0.25) is 0 Å². The number of hydrogen-bond donors (Lipinski definition) is 1. The van der Waals surface area contributed by atoms with Gasteiger partial charge in [-0.25, -0.2) is 0 Å². The van der Waals surface area contributed by atoms with Crippen LogP contribution in [0.5, 0.6) is 0 Å². The molecule has 0 spiro atoms. The number of hydrogen-bond acceptors (Lipinski definition) is 4. The molecule has 4 heteroatoms. The SMILES string of the molecule is COCC1(CN2CCSCC2C)CCNCC1. The molecular formula is C13H26N2OS. The van der Waals surface area contributed by atoms with Crippen molar-refractivity contribution in [2.75, 3.05) is 51.4 Å². The van der Waals surface area contributed by atoms with Crippen LogP contribution in [0.15, 0.2) is 0 Å². The molecule has 1 atom stereocenters. The topological polar surface area (TPSA) is 24.5 Å². The molecule has 3 nitrogen and oxygen atoms in total. The fourth-order valence-corrected chi connectivity index (χ4v) is 4.12. The van der Waals surface area contributed by atoms with Crippen molar-refractivity contribution in [3.05, 3.63) is 0 Å². The zero-order valence-electron chi connectivity index (χ0n) is 11.2. The Balaban J connectivity index is 1.95. The molecule has 2 rings (SSSR count). The van der Waals surface area contributed by atoms with Gasteiger partial charge in [-0.05, 0) is 32.9 Å². The summed E-state index contributed by atoms with van der Waals surface area (Å²) in [6, 6.07) is 0.734. The Bertz CT molecular complexity index is 226. The Kier molecular flexibility index (Phi) is 5.15. The van der Waals surface area contributed by atoms with Crippen LogP contribution in [0.25, 0.3) is 0 Å². The lowest BCUT2D eigenvalue weighted by atomic mass is 9.79. The Morgan fingerprint density at radius 1 is 1.41 bits per heavy atom. The van der Waals surface area contributed by atoms with Gasteiger partial charge in [0, 0.05) is 43.2 Å². The number of piperidine rings is 1. The predicted octanol–water partition coefficient (Wildman–Crippen LogP) is 1.44. The number of ether oxygens (including phenoxy) is 1. The van der Waals surface area contributed by atoms with Crippen molar-refractivity contribution < 1.29 is 4.74 Å². The van der Waals surface area contributed by atoms with Crippen molar-refractivity contribution in [1.82, 2.24) is 10.2 Å². The Morgan fingerprint density at radius 3 is 2.82 bits per heavy atom. The lowest BCUT2D eigenvalue weighted by Crippen LogP contribution is -2.51. The molecule has 0 bridgehead atoms. The summed E-state index contributed by atoms with van der Waals surface area (Å²) in [6.45, 7) is 8.08. The second kappa shape index (κ2) is 6.41. The summed E-state index contributed by atoms with van der Waals surface area (Å²) in [7, 11) is 1.85. The molecule has 2 heterocycles. The van der Waals surface area contributed by atoms with Crippen molar-refractivity contribution >= 4 is 11.8 Å². The van der Waals surface area contributed by atoms with Crippen molar-refractivity contribution in [1.29, 1.82) is 0 Å². The van der Waals surface area contributed by atoms with Crippen LogP contribution in [0.4, 0.5) is 0 Å². The summed E-state index contributed by atoms with van der Waals surface area (Å²) < 4.78 is 5.50. The standard InChI is InChI=1S/C13H26N2OS/c1-12-9-17-8-7-15(12)10-13(11-16-2)3-5-14-6-4-13/h12,14H,3-11H2,1-2H3. The van der Waals surface area contributed by atoms with Gasteiger partial charge in [-0.3, -0.25) is 4.90 Å². The maximum absolute atomic E-state index is 5.50. The molecule has 17 heavy (non-hydrogen) atoms. The van der Waals surface area contributed by atoms with Crippen LogP contribution in [0.3, 0.4) is 0 Å². The Morgan fingerprint density at radius 2 is 2.18 bits per heavy atom. The molecule has 2 saturated heterocycles. The highest BCUT2D eigenvalue weighted by molar-refractivity contribution is 7.99. The van der Waals surface area contributed by atoms with E-state index in [1.165, 1.54) is 37.4 Å². The number of nitrogens with one attached hydrogen (secondary N) is 1. The van der Waals surface area contributed by atoms with Crippen LogP contribution in [0, 0.1) is 5.41 Å². The molecule has 0 saturated carbocycles. The second-order valence-corrected chi connectivity index (χ2v) is 6.73. The van der Waals surface area contributed by atoms with Crippen LogP contribution in [0.1, 0.15) is 19.8 Å². The van der Waals surface area contributed by atoms with E-state index in [0.717, 1.165) is 25.7 Å². The van der Waals surface area contributed by atoms with Gasteiger partial charge >= 0.3 is 0 Å². The highest BCUT2D eigenvalue weighted by Crippen LogP contribution is 2.32. The average Bonchev–Trinajstić information content (AvgIpc) is 2.34. The first kappa shape index (κ1) is 13.7. The number of rotatable bonds is 4. The highest BCUT2D eigenvalue weighted by Gasteiger charge is 2.35. The van der Waals surface area contributed by atoms with E-state index in [4.69, 9.17) is 4.74 Å². The van der Waals surface area contributed by atoms with E-state index in [-0.39, 0.29) is 0 Å². The van der Waals surface area contributed by atoms with Gasteiger partial charge in [0.25, 0.3) is 0 Å². The minimum Gasteiger partial charge on any atom is -0.384 e. The van der Waals surface area contributed by atoms with Gasteiger partial charge < -0.3 is 10.1 Å². The maximum Gasteiger partial charge on any atom is 0.0531 e. The summed E-state index contributed by atoms with van der Waals surface area (Å²) in [5, 5.41) is 3.47. The number of methoxy groups -OCH3 is 1. The van der Waals surface area contributed by atoms with E-state index in [2.05, 4.69) is 28.9 Å². The van der Waals surface area contributed by atoms with E-state index < -0.39 is 0 Å². The van der Waals surface area contributed by atoms with Gasteiger partial charge in [-0.15, -0.1) is 0 Å². The van der Waals surface area contributed by atoms with Crippen LogP contribution in [-0.2, 0) is 4.74 Å². The number of nitrogens with zero attached hydrogens (tertiary/aromatic N) is 1. The third-order valence-electron chi connectivity index (χ3n) is 4.16. The quantitative estimate of drug-likeness (QED) is 0.825. The summed E-state index contributed by atoms with van der Waals surface area (Å²) in [4.78, 5) is 2.68. The zero-order chi connectivity index (χ0) is 12.1. The molecule has 0 aromatic heterocycles. The van der Waals surface area contributed by atoms with E-state index in [9.17, 15) is 0 Å². The number of thioether (sulfide) groups is 1. The molecule has 0 aliphatic carbocycles. The van der Waals surface area contributed by atoms with Crippen molar-refractivity contribution in [3.8, 4) is 0 Å². The molecule has 1 unspecified atom stereocenters. The normalized spacial score (nSPS) is 30.4. The zero-order valence-corrected chi connectivity index (χ0v) is 12.0. The fraction of sp³-hybridized carbons (Fsp3) is 1.00. The minimum atomic E-state index is 0.399. The van der Waals surface area contributed by atoms with Crippen LogP contribution >= 0.6 is 11.8 Å². The maximum atomic E-state index is 5.50. The summed E-state index contributed by atoms with van der Waals surface area (Å²) >= 11 is 2.10. The minimum absolute atomic E-state index is 0.399. The molecular weight excluding hydrogens is 232 g/mol. The smallest absolute Gasteiger partial charge is 0.0531 e. The van der Waals surface area contributed by atoms with Crippen LogP contribution < -0.4 is 5.32 Å². The van der Waals surface area contributed by atoms with E-state index in [1.807, 2.05) is 7.11 Å². The average molecular weight is 258 g/mol. The van der Waals surface area contributed by atoms with Crippen molar-refractivity contribution in [2.24, 2.45) is 5.41 Å². The van der Waals surface area contributed by atoms with Crippen molar-refractivity contribution in [2.45, 2.75) is 25.8 Å². The fourth-order valence-electron chi connectivity index (χ4n) is 3.04. The molecule has 0 radical (unpaired) electrons. The van der Waals surface area contributed by atoms with E-state index in [1.54, 1.807) is 0 Å². The van der Waals surface area contributed by atoms with Gasteiger partial charge in [-0.2, -0.15) is 11.8 Å². The summed E-state index contributed by atoms with van der Waals surface area (Å²) in [5.41, 5.74) is 0.399. The molecule has 0 aromatic rings. The first-order valence-electron chi connectivity index (χ1n) is 6.77. The van der Waals surface area contributed by atoms with E-state index in [0.29, 0.717) is 5.41 Å². The van der Waals surface area contributed by atoms with E-state index >= 15 is 0 Å². The first-order chi connectivity index (χ1) is 8.26. The molecule has 1 N–H and O–H groups in total. The largest absolute Gasteiger partial charge is 0.384 e. The molecule has 0 amide bonds. The third kappa shape index (κ3) is 3.60. The second-order valence-electron chi connectivity index (χ2n) is 5.58. The lowest BCUT2D eigenvalue weighted by molar-refractivity contribution is 0.0158. The van der Waals surface area contributed by atoms with Gasteiger partial charge in [0.15, 0.2) is 0 Å². The summed E-state index contributed by atoms with van der Waals surface area (Å²) in [6.07, 6.45) is 2.52. The van der Waals surface area contributed by atoms with Gasteiger partial charge in [-0.1, -0.05) is 0 Å². The third-order valence-corrected chi connectivity index (χ3v) is 5.35. The summed E-state index contributed by atoms with van der Waals surface area (Å²) in [5.74, 6) is 2.59. The van der Waals surface area contributed by atoms with Gasteiger partial charge in [0.1, 0.15) is 0 Å². The monoisotopic (exact) mass is 258 g/mol. The molecule has 0 aromatic carbocycles. The lowest BCUT2D eigenvalue weighted by Gasteiger charge is -2.44. The molecule has 100 valence electrons. The molecule has 2 aliphatic heterocycles. The van der Waals surface area contributed by atoms with Crippen LogP contribution in [-0.4, -0.2) is 62.3 Å². The first-order valence-corrected chi connectivity index (χ1v) is 7.93. The Hall–Kier alpha value is 0.230.